The average Bonchev–Trinajstić information content (AvgIpc) is 2.89. The molecule has 0 aliphatic carbocycles. The maximum atomic E-state index is 10.8. The molecule has 6 nitrogen and oxygen atoms in total. The number of carboxylic acids is 1. The van der Waals surface area contributed by atoms with E-state index in [0.717, 1.165) is 21.8 Å². The van der Waals surface area contributed by atoms with E-state index in [-0.39, 0.29) is 43.1 Å². The molecule has 0 bridgehead atoms. The Morgan fingerprint density at radius 3 is 2.61 bits per heavy atom. The van der Waals surface area contributed by atoms with Gasteiger partial charge in [-0.25, -0.2) is 0 Å². The number of para-hydroxylation sites is 1. The van der Waals surface area contributed by atoms with E-state index in [1.165, 1.54) is 0 Å². The monoisotopic (exact) mass is 321 g/mol. The molecule has 1 heterocycles. The van der Waals surface area contributed by atoms with Crippen LogP contribution in [0.15, 0.2) is 47.6 Å². The second-order valence-electron chi connectivity index (χ2n) is 5.13. The molecular weight excluding hydrogens is 305 g/mol. The summed E-state index contributed by atoms with van der Waals surface area (Å²) in [6, 6.07) is 12.4. The van der Waals surface area contributed by atoms with Crippen LogP contribution in [0.25, 0.3) is 21.8 Å². The molecule has 0 saturated carbocycles. The van der Waals surface area contributed by atoms with Crippen LogP contribution < -0.4 is 35.3 Å². The Bertz CT molecular complexity index is 895. The van der Waals surface area contributed by atoms with Crippen LogP contribution in [0.4, 0.5) is 0 Å². The number of nitrogens with zero attached hydrogens (tertiary/aromatic N) is 1. The van der Waals surface area contributed by atoms with E-state index in [1.807, 2.05) is 36.4 Å². The van der Waals surface area contributed by atoms with Crippen molar-refractivity contribution in [3.05, 3.63) is 48.0 Å². The van der Waals surface area contributed by atoms with E-state index < -0.39 is 12.0 Å². The van der Waals surface area contributed by atoms with E-state index in [0.29, 0.717) is 5.56 Å². The molecule has 0 fully saturated rings. The first-order valence-electron chi connectivity index (χ1n) is 6.80. The number of aliphatic carboxylic acids is 1. The third-order valence-corrected chi connectivity index (χ3v) is 3.69. The van der Waals surface area contributed by atoms with Gasteiger partial charge in [-0.1, -0.05) is 35.5 Å². The molecule has 1 aromatic heterocycles. The molecule has 0 amide bonds. The van der Waals surface area contributed by atoms with Gasteiger partial charge in [-0.3, -0.25) is 4.79 Å². The van der Waals surface area contributed by atoms with Crippen molar-refractivity contribution in [1.82, 2.24) is 4.98 Å². The molecule has 0 spiro atoms. The molecule has 2 aromatic carbocycles. The molecule has 3 rings (SSSR count). The predicted octanol–water partition coefficient (Wildman–Crippen LogP) is -0.582. The zero-order valence-corrected chi connectivity index (χ0v) is 14.7. The largest absolute Gasteiger partial charge is 1.00 e. The van der Waals surface area contributed by atoms with Crippen molar-refractivity contribution in [2.45, 2.75) is 12.5 Å². The van der Waals surface area contributed by atoms with Crippen LogP contribution in [0.1, 0.15) is 13.4 Å². The van der Waals surface area contributed by atoms with E-state index >= 15 is 0 Å². The fraction of sp³-hybridized carbons (Fsp3) is 0.125. The minimum atomic E-state index is -1.13. The van der Waals surface area contributed by atoms with Crippen molar-refractivity contribution in [3.8, 4) is 0 Å². The maximum Gasteiger partial charge on any atom is 1.00 e. The minimum absolute atomic E-state index is 0. The van der Waals surface area contributed by atoms with E-state index in [4.69, 9.17) is 16.0 Å². The van der Waals surface area contributed by atoms with Crippen LogP contribution in [-0.4, -0.2) is 33.0 Å². The van der Waals surface area contributed by atoms with Gasteiger partial charge in [-0.15, -0.1) is 0 Å². The molecule has 3 aromatic rings. The Kier molecular flexibility index (Phi) is 5.43. The van der Waals surface area contributed by atoms with Crippen molar-refractivity contribution in [2.24, 2.45) is 10.9 Å². The van der Waals surface area contributed by atoms with Crippen molar-refractivity contribution < 1.29 is 46.1 Å². The summed E-state index contributed by atoms with van der Waals surface area (Å²) < 4.78 is 0. The van der Waals surface area contributed by atoms with Gasteiger partial charge in [0.2, 0.25) is 0 Å². The summed E-state index contributed by atoms with van der Waals surface area (Å²) in [7, 11) is 0. The number of fused-ring (bicyclic) bond motifs is 3. The summed E-state index contributed by atoms with van der Waals surface area (Å²) >= 11 is 0. The summed E-state index contributed by atoms with van der Waals surface area (Å²) in [5, 5.41) is 23.4. The zero-order chi connectivity index (χ0) is 15.7. The van der Waals surface area contributed by atoms with Crippen LogP contribution in [0.5, 0.6) is 0 Å². The third-order valence-electron chi connectivity index (χ3n) is 3.69. The average molecular weight is 321 g/mol. The van der Waals surface area contributed by atoms with Gasteiger partial charge in [-0.2, -0.15) is 0 Å². The first kappa shape index (κ1) is 17.5. The fourth-order valence-corrected chi connectivity index (χ4v) is 2.55. The van der Waals surface area contributed by atoms with Gasteiger partial charge in [0.05, 0.1) is 5.71 Å². The number of carboxylic acid groups (broad SMARTS) is 1. The number of aromatic nitrogens is 1. The van der Waals surface area contributed by atoms with E-state index in [9.17, 15) is 4.79 Å². The van der Waals surface area contributed by atoms with Gasteiger partial charge in [0, 0.05) is 33.8 Å². The molecule has 0 saturated heterocycles. The number of aromatic amines is 1. The summed E-state index contributed by atoms with van der Waals surface area (Å²) in [5.74, 6) is -1.13. The van der Waals surface area contributed by atoms with Crippen LogP contribution in [0.2, 0.25) is 0 Å². The fourth-order valence-electron chi connectivity index (χ4n) is 2.55. The Morgan fingerprint density at radius 2 is 1.91 bits per heavy atom. The number of nitrogens with one attached hydrogen (secondary N) is 1. The molecule has 0 aliphatic heterocycles. The van der Waals surface area contributed by atoms with Crippen LogP contribution in [-0.2, 0) is 4.79 Å². The van der Waals surface area contributed by atoms with E-state index in [2.05, 4.69) is 10.1 Å². The topological polar surface area (TPSA) is 112 Å². The second-order valence-corrected chi connectivity index (χ2v) is 5.13. The quantitative estimate of drug-likeness (QED) is 0.223. The number of carbonyl (C=O) groups is 1. The maximum absolute atomic E-state index is 10.8. The zero-order valence-electron chi connectivity index (χ0n) is 13.7. The molecular formula is C16H16N3NaO3. The first-order chi connectivity index (χ1) is 10.6. The summed E-state index contributed by atoms with van der Waals surface area (Å²) in [5.41, 5.74) is 8.29. The molecule has 1 atom stereocenters. The van der Waals surface area contributed by atoms with Crippen LogP contribution in [0.3, 0.4) is 0 Å². The number of rotatable bonds is 4. The minimum Gasteiger partial charge on any atom is -1.00 e. The van der Waals surface area contributed by atoms with Crippen molar-refractivity contribution in [2.75, 3.05) is 0 Å². The Balaban J connectivity index is 0.00000144. The van der Waals surface area contributed by atoms with Crippen molar-refractivity contribution in [1.29, 1.82) is 0 Å². The van der Waals surface area contributed by atoms with Gasteiger partial charge < -0.3 is 22.5 Å². The number of H-pyrrole nitrogens is 1. The number of nitrogens with two attached hydrogens (primary N) is 1. The molecule has 114 valence electrons. The second kappa shape index (κ2) is 7.14. The van der Waals surface area contributed by atoms with Gasteiger partial charge in [0.25, 0.3) is 0 Å². The number of benzene rings is 2. The number of hydrogen-bond donors (Lipinski definition) is 4. The van der Waals surface area contributed by atoms with Gasteiger partial charge in [0.1, 0.15) is 6.04 Å². The smallest absolute Gasteiger partial charge is 1.00 e. The van der Waals surface area contributed by atoms with E-state index in [1.54, 1.807) is 6.07 Å². The molecule has 0 radical (unpaired) electrons. The van der Waals surface area contributed by atoms with Gasteiger partial charge >= 0.3 is 35.5 Å². The SMILES string of the molecule is NC(CC(=NO)c1ccc2c(c1)[nH]c1ccccc12)C(=O)O.[H-].[Na+]. The summed E-state index contributed by atoms with van der Waals surface area (Å²) in [4.78, 5) is 14.1. The number of oxime groups is 1. The number of hydrogen-bond acceptors (Lipinski definition) is 4. The van der Waals surface area contributed by atoms with Crippen molar-refractivity contribution >= 4 is 33.5 Å². The normalized spacial score (nSPS) is 13.0. The first-order valence-corrected chi connectivity index (χ1v) is 6.80. The van der Waals surface area contributed by atoms with Gasteiger partial charge in [0.15, 0.2) is 0 Å². The third kappa shape index (κ3) is 3.40. The van der Waals surface area contributed by atoms with Gasteiger partial charge in [-0.05, 0) is 12.1 Å². The Hall–Kier alpha value is -1.86. The molecule has 7 heteroatoms. The standard InChI is InChI=1S/C16H15N3O3.Na.H/c17-12(16(20)21)8-14(19-22)9-5-6-11-10-3-1-2-4-13(10)18-15(11)7-9;;/h1-7,12,18,22H,8,17H2,(H,20,21);;/q;+1;-1. The molecule has 5 N–H and O–H groups in total. The molecule has 0 aliphatic rings. The predicted molar refractivity (Wildman–Crippen MR) is 85.5 cm³/mol. The molecule has 23 heavy (non-hydrogen) atoms. The summed E-state index contributed by atoms with van der Waals surface area (Å²) in [6.07, 6.45) is -0.0441. The Morgan fingerprint density at radius 1 is 1.22 bits per heavy atom. The Labute approximate surface area is 155 Å². The molecule has 1 unspecified atom stereocenters. The summed E-state index contributed by atoms with van der Waals surface area (Å²) in [6.45, 7) is 0. The van der Waals surface area contributed by atoms with Crippen LogP contribution in [0, 0.1) is 0 Å². The van der Waals surface area contributed by atoms with Crippen molar-refractivity contribution in [3.63, 3.8) is 0 Å². The van der Waals surface area contributed by atoms with Crippen LogP contribution >= 0.6 is 0 Å².